The van der Waals surface area contributed by atoms with Crippen LogP contribution in [0.4, 0.5) is 5.69 Å². The maximum atomic E-state index is 10.8. The van der Waals surface area contributed by atoms with Crippen LogP contribution in [0, 0.1) is 17.0 Å². The predicted octanol–water partition coefficient (Wildman–Crippen LogP) is 5.35. The van der Waals surface area contributed by atoms with Crippen LogP contribution in [0.15, 0.2) is 40.9 Å². The molecule has 0 spiro atoms. The van der Waals surface area contributed by atoms with Crippen molar-refractivity contribution in [2.24, 2.45) is 0 Å². The van der Waals surface area contributed by atoms with Crippen molar-refractivity contribution in [2.75, 3.05) is 0 Å². The first-order valence-electron chi connectivity index (χ1n) is 5.78. The molecule has 0 aliphatic rings. The molecule has 0 saturated heterocycles. The third kappa shape index (κ3) is 3.37. The molecule has 104 valence electrons. The van der Waals surface area contributed by atoms with E-state index in [0.717, 1.165) is 16.5 Å². The number of aryl methyl sites for hydroxylation is 1. The van der Waals surface area contributed by atoms with Crippen molar-refractivity contribution in [1.82, 2.24) is 0 Å². The highest BCUT2D eigenvalue weighted by molar-refractivity contribution is 9.10. The summed E-state index contributed by atoms with van der Waals surface area (Å²) < 4.78 is 6.44. The molecule has 2 aromatic rings. The number of nitrogens with zero attached hydrogens (tertiary/aromatic N) is 1. The minimum Gasteiger partial charge on any atom is -0.456 e. The SMILES string of the molecule is Cc1cc(CBr)ccc1Oc1cc([N+](=O)[O-])ccc1Br. The smallest absolute Gasteiger partial charge is 0.273 e. The highest BCUT2D eigenvalue weighted by Gasteiger charge is 2.12. The molecule has 0 unspecified atom stereocenters. The van der Waals surface area contributed by atoms with Gasteiger partial charge in [-0.05, 0) is 46.1 Å². The highest BCUT2D eigenvalue weighted by Crippen LogP contribution is 2.34. The van der Waals surface area contributed by atoms with Gasteiger partial charge in [0.1, 0.15) is 11.5 Å². The molecule has 0 fully saturated rings. The average molecular weight is 401 g/mol. The summed E-state index contributed by atoms with van der Waals surface area (Å²) in [6.07, 6.45) is 0. The Balaban J connectivity index is 2.34. The molecular weight excluding hydrogens is 390 g/mol. The van der Waals surface area contributed by atoms with Crippen molar-refractivity contribution in [1.29, 1.82) is 0 Å². The summed E-state index contributed by atoms with van der Waals surface area (Å²) >= 11 is 6.73. The van der Waals surface area contributed by atoms with Gasteiger partial charge < -0.3 is 4.74 Å². The lowest BCUT2D eigenvalue weighted by Gasteiger charge is -2.11. The van der Waals surface area contributed by atoms with Crippen LogP contribution in [-0.4, -0.2) is 4.92 Å². The maximum absolute atomic E-state index is 10.8. The topological polar surface area (TPSA) is 52.4 Å². The molecular formula is C14H11Br2NO3. The summed E-state index contributed by atoms with van der Waals surface area (Å²) in [6.45, 7) is 1.94. The van der Waals surface area contributed by atoms with Gasteiger partial charge in [0.25, 0.3) is 5.69 Å². The lowest BCUT2D eigenvalue weighted by atomic mass is 10.1. The summed E-state index contributed by atoms with van der Waals surface area (Å²) in [5, 5.41) is 11.6. The summed E-state index contributed by atoms with van der Waals surface area (Å²) in [6, 6.07) is 10.3. The first-order valence-corrected chi connectivity index (χ1v) is 7.70. The molecule has 0 saturated carbocycles. The van der Waals surface area contributed by atoms with Crippen molar-refractivity contribution in [2.45, 2.75) is 12.3 Å². The monoisotopic (exact) mass is 399 g/mol. The Bertz CT molecular complexity index is 659. The molecule has 6 heteroatoms. The lowest BCUT2D eigenvalue weighted by molar-refractivity contribution is -0.384. The Labute approximate surface area is 133 Å². The Kier molecular flexibility index (Phi) is 4.77. The van der Waals surface area contributed by atoms with Gasteiger partial charge >= 0.3 is 0 Å². The summed E-state index contributed by atoms with van der Waals surface area (Å²) in [5.41, 5.74) is 2.12. The zero-order valence-corrected chi connectivity index (χ0v) is 13.8. The minimum atomic E-state index is -0.444. The van der Waals surface area contributed by atoms with Gasteiger partial charge in [0.05, 0.1) is 15.5 Å². The first-order chi connectivity index (χ1) is 9.51. The standard InChI is InChI=1S/C14H11Br2NO3/c1-9-6-10(8-15)2-5-13(9)20-14-7-11(17(18)19)3-4-12(14)16/h2-7H,8H2,1H3. The number of hydrogen-bond donors (Lipinski definition) is 0. The fraction of sp³-hybridized carbons (Fsp3) is 0.143. The van der Waals surface area contributed by atoms with Crippen LogP contribution < -0.4 is 4.74 Å². The number of halogens is 2. The fourth-order valence-electron chi connectivity index (χ4n) is 1.71. The van der Waals surface area contributed by atoms with Crippen LogP contribution in [0.5, 0.6) is 11.5 Å². The second kappa shape index (κ2) is 6.37. The maximum Gasteiger partial charge on any atom is 0.273 e. The normalized spacial score (nSPS) is 10.3. The van der Waals surface area contributed by atoms with Crippen LogP contribution in [0.25, 0.3) is 0 Å². The second-order valence-corrected chi connectivity index (χ2v) is 5.62. The molecule has 0 aliphatic carbocycles. The second-order valence-electron chi connectivity index (χ2n) is 4.21. The summed E-state index contributed by atoms with van der Waals surface area (Å²) in [7, 11) is 0. The fourth-order valence-corrected chi connectivity index (χ4v) is 2.39. The van der Waals surface area contributed by atoms with E-state index in [-0.39, 0.29) is 5.69 Å². The van der Waals surface area contributed by atoms with Gasteiger partial charge in [0.2, 0.25) is 0 Å². The Morgan fingerprint density at radius 2 is 1.95 bits per heavy atom. The van der Waals surface area contributed by atoms with E-state index < -0.39 is 4.92 Å². The number of nitro benzene ring substituents is 1. The van der Waals surface area contributed by atoms with E-state index >= 15 is 0 Å². The lowest BCUT2D eigenvalue weighted by Crippen LogP contribution is -1.92. The molecule has 2 aromatic carbocycles. The molecule has 2 rings (SSSR count). The van der Waals surface area contributed by atoms with Gasteiger partial charge in [-0.25, -0.2) is 0 Å². The number of alkyl halides is 1. The van der Waals surface area contributed by atoms with Gasteiger partial charge in [-0.15, -0.1) is 0 Å². The molecule has 0 atom stereocenters. The third-order valence-corrected chi connectivity index (χ3v) is 4.04. The zero-order chi connectivity index (χ0) is 14.7. The van der Waals surface area contributed by atoms with Crippen LogP contribution in [0.2, 0.25) is 0 Å². The zero-order valence-electron chi connectivity index (χ0n) is 10.6. The molecule has 0 amide bonds. The molecule has 0 aliphatic heterocycles. The largest absolute Gasteiger partial charge is 0.456 e. The number of ether oxygens (including phenoxy) is 1. The van der Waals surface area contributed by atoms with Crippen molar-refractivity contribution in [3.8, 4) is 11.5 Å². The predicted molar refractivity (Wildman–Crippen MR) is 84.7 cm³/mol. The molecule has 0 aromatic heterocycles. The average Bonchev–Trinajstić information content (AvgIpc) is 2.42. The highest BCUT2D eigenvalue weighted by atomic mass is 79.9. The van der Waals surface area contributed by atoms with E-state index in [1.807, 2.05) is 25.1 Å². The molecule has 0 bridgehead atoms. The quantitative estimate of drug-likeness (QED) is 0.394. The van der Waals surface area contributed by atoms with Crippen LogP contribution in [-0.2, 0) is 5.33 Å². The summed E-state index contributed by atoms with van der Waals surface area (Å²) in [4.78, 5) is 10.4. The Morgan fingerprint density at radius 3 is 2.55 bits per heavy atom. The molecule has 0 N–H and O–H groups in total. The first kappa shape index (κ1) is 15.0. The number of rotatable bonds is 4. The van der Waals surface area contributed by atoms with Crippen molar-refractivity contribution in [3.05, 3.63) is 62.1 Å². The van der Waals surface area contributed by atoms with E-state index in [4.69, 9.17) is 4.74 Å². The Hall–Kier alpha value is -1.40. The number of non-ortho nitro benzene ring substituents is 1. The van der Waals surface area contributed by atoms with E-state index in [1.165, 1.54) is 12.1 Å². The molecule has 0 radical (unpaired) electrons. The van der Waals surface area contributed by atoms with Crippen LogP contribution >= 0.6 is 31.9 Å². The molecule has 20 heavy (non-hydrogen) atoms. The van der Waals surface area contributed by atoms with E-state index in [9.17, 15) is 10.1 Å². The van der Waals surface area contributed by atoms with E-state index in [0.29, 0.717) is 16.0 Å². The summed E-state index contributed by atoms with van der Waals surface area (Å²) in [5.74, 6) is 1.10. The number of nitro groups is 1. The number of hydrogen-bond acceptors (Lipinski definition) is 3. The van der Waals surface area contributed by atoms with Gasteiger partial charge in [-0.3, -0.25) is 10.1 Å². The van der Waals surface area contributed by atoms with Gasteiger partial charge in [-0.2, -0.15) is 0 Å². The van der Waals surface area contributed by atoms with Gasteiger partial charge in [0.15, 0.2) is 0 Å². The minimum absolute atomic E-state index is 0.00192. The van der Waals surface area contributed by atoms with Crippen molar-refractivity contribution in [3.63, 3.8) is 0 Å². The van der Waals surface area contributed by atoms with Gasteiger partial charge in [-0.1, -0.05) is 28.1 Å². The van der Waals surface area contributed by atoms with E-state index in [2.05, 4.69) is 31.9 Å². The molecule has 0 heterocycles. The third-order valence-electron chi connectivity index (χ3n) is 2.74. The molecule has 4 nitrogen and oxygen atoms in total. The number of benzene rings is 2. The van der Waals surface area contributed by atoms with E-state index in [1.54, 1.807) is 6.07 Å². The van der Waals surface area contributed by atoms with Crippen molar-refractivity contribution >= 4 is 37.5 Å². The van der Waals surface area contributed by atoms with Crippen LogP contribution in [0.1, 0.15) is 11.1 Å². The van der Waals surface area contributed by atoms with Gasteiger partial charge in [0, 0.05) is 11.4 Å². The Morgan fingerprint density at radius 1 is 1.20 bits per heavy atom. The van der Waals surface area contributed by atoms with Crippen LogP contribution in [0.3, 0.4) is 0 Å². The van der Waals surface area contributed by atoms with Crippen molar-refractivity contribution < 1.29 is 9.66 Å².